The molecule has 1 aromatic carbocycles. The molecular formula is C21H29N3O2. The molecule has 0 radical (unpaired) electrons. The Bertz CT molecular complexity index is 664. The highest BCUT2D eigenvalue weighted by atomic mass is 16.2. The van der Waals surface area contributed by atoms with Crippen LogP contribution in [-0.4, -0.2) is 54.3 Å². The normalized spacial score (nSPS) is 28.3. The average molecular weight is 355 g/mol. The minimum Gasteiger partial charge on any atom is -0.340 e. The minimum absolute atomic E-state index is 0.0155. The van der Waals surface area contributed by atoms with E-state index in [0.717, 1.165) is 44.2 Å². The fourth-order valence-corrected chi connectivity index (χ4v) is 4.95. The minimum atomic E-state index is 0.0155. The van der Waals surface area contributed by atoms with Crippen LogP contribution in [0.4, 0.5) is 5.69 Å². The summed E-state index contributed by atoms with van der Waals surface area (Å²) in [4.78, 5) is 29.2. The summed E-state index contributed by atoms with van der Waals surface area (Å²) >= 11 is 0. The molecule has 2 aliphatic carbocycles. The van der Waals surface area contributed by atoms with Crippen LogP contribution < -0.4 is 5.32 Å². The van der Waals surface area contributed by atoms with Crippen molar-refractivity contribution in [2.24, 2.45) is 17.8 Å². The number of hydrogen-bond acceptors (Lipinski definition) is 3. The van der Waals surface area contributed by atoms with Gasteiger partial charge < -0.3 is 10.2 Å². The molecule has 140 valence electrons. The molecule has 4 rings (SSSR count). The molecule has 2 amide bonds. The highest BCUT2D eigenvalue weighted by molar-refractivity contribution is 5.92. The standard InChI is InChI=1S/C21H29N3O2/c1-15-2-6-18(7-3-15)22-20(25)14-23-8-10-24(11-9-23)21(26)19-13-16-4-5-17(19)12-16/h2-3,6-7,16-17,19H,4-5,8-14H2,1H3,(H,22,25). The van der Waals surface area contributed by atoms with Crippen molar-refractivity contribution >= 4 is 17.5 Å². The number of carbonyl (C=O) groups is 2. The first-order valence-electron chi connectivity index (χ1n) is 9.96. The van der Waals surface area contributed by atoms with E-state index in [2.05, 4.69) is 10.2 Å². The maximum Gasteiger partial charge on any atom is 0.238 e. The van der Waals surface area contributed by atoms with Gasteiger partial charge >= 0.3 is 0 Å². The number of hydrogen-bond donors (Lipinski definition) is 1. The van der Waals surface area contributed by atoms with E-state index in [1.165, 1.54) is 24.8 Å². The Kier molecular flexibility index (Phi) is 4.98. The highest BCUT2D eigenvalue weighted by Gasteiger charge is 2.44. The quantitative estimate of drug-likeness (QED) is 0.903. The zero-order chi connectivity index (χ0) is 18.1. The number of piperazine rings is 1. The number of amides is 2. The maximum absolute atomic E-state index is 12.8. The predicted molar refractivity (Wildman–Crippen MR) is 102 cm³/mol. The largest absolute Gasteiger partial charge is 0.340 e. The Labute approximate surface area is 155 Å². The molecule has 0 aromatic heterocycles. The van der Waals surface area contributed by atoms with E-state index in [1.54, 1.807) is 0 Å². The van der Waals surface area contributed by atoms with E-state index in [0.29, 0.717) is 18.4 Å². The van der Waals surface area contributed by atoms with Gasteiger partial charge in [0.2, 0.25) is 11.8 Å². The Morgan fingerprint density at radius 3 is 2.38 bits per heavy atom. The second-order valence-corrected chi connectivity index (χ2v) is 8.30. The Balaban J connectivity index is 1.22. The number of nitrogens with zero attached hydrogens (tertiary/aromatic N) is 2. The smallest absolute Gasteiger partial charge is 0.238 e. The molecule has 3 unspecified atom stereocenters. The van der Waals surface area contributed by atoms with Gasteiger partial charge in [-0.1, -0.05) is 24.1 Å². The van der Waals surface area contributed by atoms with Crippen LogP contribution >= 0.6 is 0 Å². The molecule has 3 atom stereocenters. The molecular weight excluding hydrogens is 326 g/mol. The third-order valence-electron chi connectivity index (χ3n) is 6.44. The molecule has 1 heterocycles. The van der Waals surface area contributed by atoms with Gasteiger partial charge in [-0.05, 0) is 50.2 Å². The second-order valence-electron chi connectivity index (χ2n) is 8.30. The van der Waals surface area contributed by atoms with Gasteiger partial charge in [-0.2, -0.15) is 0 Å². The van der Waals surface area contributed by atoms with Crippen LogP contribution in [0.2, 0.25) is 0 Å². The first-order valence-corrected chi connectivity index (χ1v) is 9.96. The van der Waals surface area contributed by atoms with Crippen molar-refractivity contribution < 1.29 is 9.59 Å². The average Bonchev–Trinajstić information content (AvgIpc) is 3.27. The Hall–Kier alpha value is -1.88. The van der Waals surface area contributed by atoms with Crippen LogP contribution in [0.5, 0.6) is 0 Å². The van der Waals surface area contributed by atoms with Crippen LogP contribution in [0.25, 0.3) is 0 Å². The molecule has 3 aliphatic rings. The van der Waals surface area contributed by atoms with Crippen molar-refractivity contribution in [3.05, 3.63) is 29.8 Å². The van der Waals surface area contributed by atoms with Gasteiger partial charge in [0, 0.05) is 37.8 Å². The molecule has 3 fully saturated rings. The lowest BCUT2D eigenvalue weighted by molar-refractivity contribution is -0.139. The fourth-order valence-electron chi connectivity index (χ4n) is 4.95. The lowest BCUT2D eigenvalue weighted by atomic mass is 9.87. The molecule has 2 bridgehead atoms. The maximum atomic E-state index is 12.8. The lowest BCUT2D eigenvalue weighted by Gasteiger charge is -2.37. The van der Waals surface area contributed by atoms with Crippen molar-refractivity contribution in [2.45, 2.75) is 32.6 Å². The summed E-state index contributed by atoms with van der Waals surface area (Å²) in [6, 6.07) is 7.85. The van der Waals surface area contributed by atoms with E-state index in [-0.39, 0.29) is 11.8 Å². The van der Waals surface area contributed by atoms with Crippen LogP contribution in [0.1, 0.15) is 31.2 Å². The SMILES string of the molecule is Cc1ccc(NC(=O)CN2CCN(C(=O)C3CC4CCC3C4)CC2)cc1. The second kappa shape index (κ2) is 7.39. The Morgan fingerprint density at radius 1 is 1.04 bits per heavy atom. The van der Waals surface area contributed by atoms with Crippen molar-refractivity contribution in [3.8, 4) is 0 Å². The van der Waals surface area contributed by atoms with Gasteiger partial charge in [-0.15, -0.1) is 0 Å². The first kappa shape index (κ1) is 17.5. The van der Waals surface area contributed by atoms with E-state index >= 15 is 0 Å². The summed E-state index contributed by atoms with van der Waals surface area (Å²) in [7, 11) is 0. The summed E-state index contributed by atoms with van der Waals surface area (Å²) in [5, 5.41) is 2.95. The zero-order valence-corrected chi connectivity index (χ0v) is 15.6. The molecule has 2 saturated carbocycles. The zero-order valence-electron chi connectivity index (χ0n) is 15.6. The third kappa shape index (κ3) is 3.78. The summed E-state index contributed by atoms with van der Waals surface area (Å²) in [6.45, 7) is 5.50. The number of fused-ring (bicyclic) bond motifs is 2. The van der Waals surface area contributed by atoms with Gasteiger partial charge in [0.15, 0.2) is 0 Å². The number of carbonyl (C=O) groups excluding carboxylic acids is 2. The number of anilines is 1. The summed E-state index contributed by atoms with van der Waals surface area (Å²) < 4.78 is 0. The number of rotatable bonds is 4. The van der Waals surface area contributed by atoms with Crippen molar-refractivity contribution in [1.29, 1.82) is 0 Å². The Morgan fingerprint density at radius 2 is 1.77 bits per heavy atom. The number of nitrogens with one attached hydrogen (secondary N) is 1. The summed E-state index contributed by atoms with van der Waals surface area (Å²) in [6.07, 6.45) is 4.97. The molecule has 1 aromatic rings. The topological polar surface area (TPSA) is 52.7 Å². The number of benzene rings is 1. The highest BCUT2D eigenvalue weighted by Crippen LogP contribution is 2.48. The van der Waals surface area contributed by atoms with E-state index in [1.807, 2.05) is 36.1 Å². The predicted octanol–water partition coefficient (Wildman–Crippen LogP) is 2.51. The van der Waals surface area contributed by atoms with Gasteiger partial charge in [-0.3, -0.25) is 14.5 Å². The van der Waals surface area contributed by atoms with Gasteiger partial charge in [0.25, 0.3) is 0 Å². The third-order valence-corrected chi connectivity index (χ3v) is 6.44. The van der Waals surface area contributed by atoms with Gasteiger partial charge in [-0.25, -0.2) is 0 Å². The lowest BCUT2D eigenvalue weighted by Crippen LogP contribution is -2.52. The molecule has 26 heavy (non-hydrogen) atoms. The van der Waals surface area contributed by atoms with E-state index in [4.69, 9.17) is 0 Å². The molecule has 1 N–H and O–H groups in total. The summed E-state index contributed by atoms with van der Waals surface area (Å²) in [5.41, 5.74) is 2.02. The van der Waals surface area contributed by atoms with Crippen LogP contribution in [0, 0.1) is 24.7 Å². The molecule has 0 spiro atoms. The van der Waals surface area contributed by atoms with Crippen LogP contribution in [-0.2, 0) is 9.59 Å². The van der Waals surface area contributed by atoms with Gasteiger partial charge in [0.1, 0.15) is 0 Å². The molecule has 5 nitrogen and oxygen atoms in total. The van der Waals surface area contributed by atoms with Crippen LogP contribution in [0.3, 0.4) is 0 Å². The number of aryl methyl sites for hydroxylation is 1. The molecule has 1 saturated heterocycles. The van der Waals surface area contributed by atoms with Crippen LogP contribution in [0.15, 0.2) is 24.3 Å². The fraction of sp³-hybridized carbons (Fsp3) is 0.619. The van der Waals surface area contributed by atoms with Crippen molar-refractivity contribution in [1.82, 2.24) is 9.80 Å². The van der Waals surface area contributed by atoms with Gasteiger partial charge in [0.05, 0.1) is 6.54 Å². The van der Waals surface area contributed by atoms with E-state index < -0.39 is 0 Å². The van der Waals surface area contributed by atoms with Crippen molar-refractivity contribution in [3.63, 3.8) is 0 Å². The summed E-state index contributed by atoms with van der Waals surface area (Å²) in [5.74, 6) is 2.12. The molecule has 1 aliphatic heterocycles. The monoisotopic (exact) mass is 355 g/mol. The van der Waals surface area contributed by atoms with Crippen molar-refractivity contribution in [2.75, 3.05) is 38.0 Å². The first-order chi connectivity index (χ1) is 12.6. The molecule has 5 heteroatoms. The van der Waals surface area contributed by atoms with E-state index in [9.17, 15) is 9.59 Å².